The van der Waals surface area contributed by atoms with E-state index in [9.17, 15) is 9.59 Å². The molecule has 0 unspecified atom stereocenters. The van der Waals surface area contributed by atoms with E-state index in [4.69, 9.17) is 0 Å². The largest absolute Gasteiger partial charge is 0.300 e. The number of hydrogen-bond donors (Lipinski definition) is 0. The first kappa shape index (κ1) is 16.0. The second kappa shape index (κ2) is 15.7. The number of ketones is 2. The average Bonchev–Trinajstić information content (AvgIpc) is 1.66. The number of Topliss-reactive ketones (excluding diaryl/α,β-unsaturated/α-hetero) is 2. The van der Waals surface area contributed by atoms with Crippen molar-refractivity contribution in [2.24, 2.45) is 0 Å². The third kappa shape index (κ3) is 309. The van der Waals surface area contributed by atoms with Gasteiger partial charge in [-0.2, -0.15) is 0 Å². The third-order valence-corrected chi connectivity index (χ3v) is 0. The van der Waals surface area contributed by atoms with E-state index in [1.165, 1.54) is 27.7 Å². The van der Waals surface area contributed by atoms with Crippen molar-refractivity contribution in [1.82, 2.24) is 0 Å². The molecule has 0 N–H and O–H groups in total. The lowest BCUT2D eigenvalue weighted by Crippen LogP contribution is -1.69. The molecule has 0 heterocycles. The summed E-state index contributed by atoms with van der Waals surface area (Å²) in [5.41, 5.74) is 0. The summed E-state index contributed by atoms with van der Waals surface area (Å²) in [6.45, 7) is 12.1. The minimum absolute atomic E-state index is 0.167. The van der Waals surface area contributed by atoms with Gasteiger partial charge in [-0.15, -0.1) is 13.2 Å². The molecule has 0 bridgehead atoms. The van der Waals surface area contributed by atoms with Gasteiger partial charge in [-0.25, -0.2) is 0 Å². The molecular formula is C8H16O2. The highest BCUT2D eigenvalue weighted by Crippen LogP contribution is 1.50. The fourth-order valence-corrected chi connectivity index (χ4v) is 0. The van der Waals surface area contributed by atoms with Gasteiger partial charge >= 0.3 is 0 Å². The smallest absolute Gasteiger partial charge is 0.126 e. The monoisotopic (exact) mass is 144 g/mol. The molecule has 0 atom stereocenters. The lowest BCUT2D eigenvalue weighted by Gasteiger charge is -1.56. The lowest BCUT2D eigenvalue weighted by atomic mass is 10.6. The van der Waals surface area contributed by atoms with Crippen LogP contribution in [0.5, 0.6) is 0 Å². The van der Waals surface area contributed by atoms with E-state index in [2.05, 4.69) is 13.2 Å². The van der Waals surface area contributed by atoms with Crippen molar-refractivity contribution in [1.29, 1.82) is 0 Å². The minimum Gasteiger partial charge on any atom is -0.300 e. The molecule has 0 saturated carbocycles. The number of carbonyl (C=O) groups excluding carboxylic acids is 2. The molecule has 0 aromatic carbocycles. The van der Waals surface area contributed by atoms with E-state index in [1.807, 2.05) is 0 Å². The Labute approximate surface area is 62.9 Å². The van der Waals surface area contributed by atoms with Gasteiger partial charge in [-0.05, 0) is 27.7 Å². The molecule has 10 heavy (non-hydrogen) atoms. The maximum atomic E-state index is 9.44. The second-order valence-corrected chi connectivity index (χ2v) is 1.82. The Hall–Kier alpha value is -0.920. The van der Waals surface area contributed by atoms with Gasteiger partial charge in [0, 0.05) is 0 Å². The van der Waals surface area contributed by atoms with Crippen LogP contribution in [-0.4, -0.2) is 11.6 Å². The molecule has 0 fully saturated rings. The van der Waals surface area contributed by atoms with E-state index in [1.54, 1.807) is 0 Å². The molecule has 0 amide bonds. The predicted molar refractivity (Wildman–Crippen MR) is 44.0 cm³/mol. The summed E-state index contributed by atoms with van der Waals surface area (Å²) in [6.07, 6.45) is 0. The Morgan fingerprint density at radius 3 is 0.800 bits per heavy atom. The first-order valence-electron chi connectivity index (χ1n) is 2.91. The normalized spacial score (nSPS) is 5.60. The van der Waals surface area contributed by atoms with Gasteiger partial charge in [0.2, 0.25) is 0 Å². The average molecular weight is 144 g/mol. The highest BCUT2D eigenvalue weighted by molar-refractivity contribution is 5.72. The van der Waals surface area contributed by atoms with Gasteiger partial charge in [0.15, 0.2) is 0 Å². The molecule has 0 aromatic rings. The minimum atomic E-state index is 0.167. The third-order valence-electron chi connectivity index (χ3n) is 0. The summed E-state index contributed by atoms with van der Waals surface area (Å²) >= 11 is 0. The Morgan fingerprint density at radius 1 is 0.800 bits per heavy atom. The van der Waals surface area contributed by atoms with Gasteiger partial charge in [-0.1, -0.05) is 0 Å². The number of rotatable bonds is 0. The van der Waals surface area contributed by atoms with Crippen LogP contribution < -0.4 is 0 Å². The number of carbonyl (C=O) groups is 2. The van der Waals surface area contributed by atoms with Crippen LogP contribution in [0.4, 0.5) is 0 Å². The first-order valence-corrected chi connectivity index (χ1v) is 2.91. The molecule has 0 spiro atoms. The molecule has 0 aliphatic heterocycles. The van der Waals surface area contributed by atoms with Crippen molar-refractivity contribution in [2.45, 2.75) is 27.7 Å². The molecule has 0 aliphatic carbocycles. The zero-order valence-corrected chi connectivity index (χ0v) is 7.23. The maximum absolute atomic E-state index is 9.44. The molecule has 0 radical (unpaired) electrons. The Bertz CT molecular complexity index is 75.4. The fourth-order valence-electron chi connectivity index (χ4n) is 0. The SMILES string of the molecule is C=C.CC(C)=O.CC(C)=O. The highest BCUT2D eigenvalue weighted by Gasteiger charge is 1.62. The Kier molecular flexibility index (Phi) is 25.2. The Morgan fingerprint density at radius 2 is 0.800 bits per heavy atom. The lowest BCUT2D eigenvalue weighted by molar-refractivity contribution is -0.115. The molecule has 2 nitrogen and oxygen atoms in total. The topological polar surface area (TPSA) is 34.1 Å². The van der Waals surface area contributed by atoms with Crippen LogP contribution in [0.1, 0.15) is 27.7 Å². The molecule has 0 rings (SSSR count). The first-order chi connectivity index (χ1) is 4.46. The molecule has 0 saturated heterocycles. The van der Waals surface area contributed by atoms with E-state index >= 15 is 0 Å². The van der Waals surface area contributed by atoms with Gasteiger partial charge in [0.1, 0.15) is 11.6 Å². The zero-order chi connectivity index (χ0) is 9.15. The van der Waals surface area contributed by atoms with Crippen LogP contribution in [-0.2, 0) is 9.59 Å². The summed E-state index contributed by atoms with van der Waals surface area (Å²) in [5, 5.41) is 0. The highest BCUT2D eigenvalue weighted by atomic mass is 16.1. The molecule has 2 heteroatoms. The number of hydrogen-bond acceptors (Lipinski definition) is 2. The fraction of sp³-hybridized carbons (Fsp3) is 0.500. The predicted octanol–water partition coefficient (Wildman–Crippen LogP) is 1.99. The van der Waals surface area contributed by atoms with Gasteiger partial charge in [0.25, 0.3) is 0 Å². The van der Waals surface area contributed by atoms with Crippen molar-refractivity contribution in [3.63, 3.8) is 0 Å². The van der Waals surface area contributed by atoms with Crippen LogP contribution >= 0.6 is 0 Å². The zero-order valence-electron chi connectivity index (χ0n) is 7.23. The van der Waals surface area contributed by atoms with Crippen LogP contribution in [0.2, 0.25) is 0 Å². The quantitative estimate of drug-likeness (QED) is 0.487. The molecular weight excluding hydrogens is 128 g/mol. The van der Waals surface area contributed by atoms with Gasteiger partial charge in [0.05, 0.1) is 0 Å². The summed E-state index contributed by atoms with van der Waals surface area (Å²) in [5.74, 6) is 0.333. The van der Waals surface area contributed by atoms with E-state index in [-0.39, 0.29) is 11.6 Å². The van der Waals surface area contributed by atoms with Crippen LogP contribution in [0.25, 0.3) is 0 Å². The second-order valence-electron chi connectivity index (χ2n) is 1.82. The van der Waals surface area contributed by atoms with Crippen LogP contribution in [0, 0.1) is 0 Å². The van der Waals surface area contributed by atoms with E-state index < -0.39 is 0 Å². The van der Waals surface area contributed by atoms with E-state index in [0.29, 0.717) is 0 Å². The summed E-state index contributed by atoms with van der Waals surface area (Å²) in [4.78, 5) is 18.9. The van der Waals surface area contributed by atoms with Crippen molar-refractivity contribution in [3.05, 3.63) is 13.2 Å². The molecule has 0 aromatic heterocycles. The molecule has 60 valence electrons. The summed E-state index contributed by atoms with van der Waals surface area (Å²) in [6, 6.07) is 0. The summed E-state index contributed by atoms with van der Waals surface area (Å²) < 4.78 is 0. The standard InChI is InChI=1S/2C3H6O.C2H4/c2*1-3(2)4;1-2/h2*1-2H3;1-2H2. The maximum Gasteiger partial charge on any atom is 0.126 e. The van der Waals surface area contributed by atoms with Crippen molar-refractivity contribution < 1.29 is 9.59 Å². The van der Waals surface area contributed by atoms with Crippen LogP contribution in [0.15, 0.2) is 13.2 Å². The van der Waals surface area contributed by atoms with Crippen LogP contribution in [0.3, 0.4) is 0 Å². The summed E-state index contributed by atoms with van der Waals surface area (Å²) in [7, 11) is 0. The molecule has 0 aliphatic rings. The van der Waals surface area contributed by atoms with Crippen molar-refractivity contribution in [3.8, 4) is 0 Å². The van der Waals surface area contributed by atoms with Gasteiger partial charge in [-0.3, -0.25) is 0 Å². The van der Waals surface area contributed by atoms with Crippen molar-refractivity contribution >= 4 is 11.6 Å². The van der Waals surface area contributed by atoms with Gasteiger partial charge < -0.3 is 9.59 Å². The Balaban J connectivity index is -0.0000000787. The van der Waals surface area contributed by atoms with Crippen molar-refractivity contribution in [2.75, 3.05) is 0 Å². The van der Waals surface area contributed by atoms with E-state index in [0.717, 1.165) is 0 Å².